The number of hydrogen-bond donors (Lipinski definition) is 0. The Kier molecular flexibility index (Phi) is 2.99. The van der Waals surface area contributed by atoms with Crippen molar-refractivity contribution in [2.75, 3.05) is 0 Å². The maximum absolute atomic E-state index is 5.53. The molecule has 0 saturated carbocycles. The topological polar surface area (TPSA) is 26.0 Å². The van der Waals surface area contributed by atoms with Gasteiger partial charge in [0.25, 0.3) is 0 Å². The van der Waals surface area contributed by atoms with Gasteiger partial charge in [0.1, 0.15) is 5.52 Å². The number of rotatable bonds is 3. The fourth-order valence-corrected chi connectivity index (χ4v) is 2.06. The van der Waals surface area contributed by atoms with Crippen molar-refractivity contribution in [3.05, 3.63) is 29.7 Å². The maximum Gasteiger partial charge on any atom is 0.182 e. The van der Waals surface area contributed by atoms with Crippen LogP contribution in [0.2, 0.25) is 0 Å². The third-order valence-corrected chi connectivity index (χ3v) is 3.31. The monoisotopic (exact) mass is 217 g/mol. The minimum Gasteiger partial charge on any atom is -0.443 e. The van der Waals surface area contributed by atoms with E-state index < -0.39 is 0 Å². The van der Waals surface area contributed by atoms with Crippen LogP contribution in [0.3, 0.4) is 0 Å². The van der Waals surface area contributed by atoms with Crippen LogP contribution < -0.4 is 0 Å². The number of oxazole rings is 1. The summed E-state index contributed by atoms with van der Waals surface area (Å²) in [5, 5.41) is 0. The molecule has 0 amide bonds. The predicted molar refractivity (Wildman–Crippen MR) is 66.8 cm³/mol. The summed E-state index contributed by atoms with van der Waals surface area (Å²) in [6, 6.07) is 4.38. The molecule has 0 fully saturated rings. The fourth-order valence-electron chi connectivity index (χ4n) is 2.06. The van der Waals surface area contributed by atoms with Crippen molar-refractivity contribution >= 4 is 11.1 Å². The summed E-state index contributed by atoms with van der Waals surface area (Å²) >= 11 is 0. The molecule has 86 valence electrons. The zero-order valence-electron chi connectivity index (χ0n) is 10.4. The SMILES string of the molecule is CCC(C)c1ccc(C(C)C)c2ocnc12. The average molecular weight is 217 g/mol. The van der Waals surface area contributed by atoms with Crippen molar-refractivity contribution in [1.82, 2.24) is 4.98 Å². The van der Waals surface area contributed by atoms with E-state index in [1.165, 1.54) is 11.1 Å². The first-order chi connectivity index (χ1) is 7.65. The smallest absolute Gasteiger partial charge is 0.182 e. The van der Waals surface area contributed by atoms with Crippen LogP contribution in [0.1, 0.15) is 57.1 Å². The molecule has 0 saturated heterocycles. The van der Waals surface area contributed by atoms with Crippen LogP contribution in [0.15, 0.2) is 22.9 Å². The second-order valence-electron chi connectivity index (χ2n) is 4.74. The van der Waals surface area contributed by atoms with E-state index in [9.17, 15) is 0 Å². The van der Waals surface area contributed by atoms with Gasteiger partial charge in [0.05, 0.1) is 0 Å². The van der Waals surface area contributed by atoms with Gasteiger partial charge in [0.2, 0.25) is 0 Å². The highest BCUT2D eigenvalue weighted by molar-refractivity contribution is 5.80. The third kappa shape index (κ3) is 1.73. The van der Waals surface area contributed by atoms with Crippen molar-refractivity contribution in [2.24, 2.45) is 0 Å². The zero-order chi connectivity index (χ0) is 11.7. The normalized spacial score (nSPS) is 13.6. The van der Waals surface area contributed by atoms with Crippen LogP contribution in [0.5, 0.6) is 0 Å². The maximum atomic E-state index is 5.53. The van der Waals surface area contributed by atoms with E-state index >= 15 is 0 Å². The Morgan fingerprint density at radius 3 is 2.50 bits per heavy atom. The van der Waals surface area contributed by atoms with Gasteiger partial charge in [-0.3, -0.25) is 0 Å². The Balaban J connectivity index is 2.63. The minimum atomic E-state index is 0.474. The molecular formula is C14H19NO. The molecule has 1 unspecified atom stereocenters. The molecule has 1 aromatic carbocycles. The quantitative estimate of drug-likeness (QED) is 0.758. The van der Waals surface area contributed by atoms with E-state index in [1.807, 2.05) is 0 Å². The van der Waals surface area contributed by atoms with Gasteiger partial charge in [-0.1, -0.05) is 39.8 Å². The van der Waals surface area contributed by atoms with Crippen molar-refractivity contribution in [2.45, 2.75) is 46.0 Å². The summed E-state index contributed by atoms with van der Waals surface area (Å²) in [5.41, 5.74) is 4.56. The molecular weight excluding hydrogens is 198 g/mol. The molecule has 1 atom stereocenters. The Hall–Kier alpha value is -1.31. The lowest BCUT2D eigenvalue weighted by atomic mass is 9.93. The van der Waals surface area contributed by atoms with E-state index in [2.05, 4.69) is 44.8 Å². The molecule has 0 bridgehead atoms. The largest absolute Gasteiger partial charge is 0.443 e. The van der Waals surface area contributed by atoms with Crippen molar-refractivity contribution < 1.29 is 4.42 Å². The highest BCUT2D eigenvalue weighted by atomic mass is 16.3. The van der Waals surface area contributed by atoms with E-state index in [0.29, 0.717) is 11.8 Å². The number of fused-ring (bicyclic) bond motifs is 1. The Morgan fingerprint density at radius 2 is 1.88 bits per heavy atom. The van der Waals surface area contributed by atoms with Crippen molar-refractivity contribution in [3.63, 3.8) is 0 Å². The number of benzene rings is 1. The van der Waals surface area contributed by atoms with Gasteiger partial charge in [-0.15, -0.1) is 0 Å². The van der Waals surface area contributed by atoms with Gasteiger partial charge in [-0.05, 0) is 29.4 Å². The molecule has 2 heteroatoms. The second kappa shape index (κ2) is 4.28. The third-order valence-electron chi connectivity index (χ3n) is 3.31. The van der Waals surface area contributed by atoms with Crippen LogP contribution >= 0.6 is 0 Å². The van der Waals surface area contributed by atoms with Crippen molar-refractivity contribution in [1.29, 1.82) is 0 Å². The first-order valence-corrected chi connectivity index (χ1v) is 6.01. The van der Waals surface area contributed by atoms with Gasteiger partial charge < -0.3 is 4.42 Å². The Bertz CT molecular complexity index is 484. The standard InChI is InChI=1S/C14H19NO/c1-5-10(4)12-7-6-11(9(2)3)14-13(12)15-8-16-14/h6-10H,5H2,1-4H3. The molecule has 2 nitrogen and oxygen atoms in total. The van der Waals surface area contributed by atoms with Crippen LogP contribution in [-0.2, 0) is 0 Å². The van der Waals surface area contributed by atoms with Crippen molar-refractivity contribution in [3.8, 4) is 0 Å². The van der Waals surface area contributed by atoms with Gasteiger partial charge in [-0.25, -0.2) is 4.98 Å². The number of nitrogens with zero attached hydrogens (tertiary/aromatic N) is 1. The number of hydrogen-bond acceptors (Lipinski definition) is 2. The molecule has 1 aromatic heterocycles. The second-order valence-corrected chi connectivity index (χ2v) is 4.74. The molecule has 0 N–H and O–H groups in total. The van der Waals surface area contributed by atoms with E-state index in [-0.39, 0.29) is 0 Å². The Labute approximate surface area is 96.7 Å². The molecule has 2 rings (SSSR count). The molecule has 2 aromatic rings. The molecule has 0 aliphatic carbocycles. The molecule has 1 heterocycles. The van der Waals surface area contributed by atoms with Crippen LogP contribution in [0.25, 0.3) is 11.1 Å². The fraction of sp³-hybridized carbons (Fsp3) is 0.500. The van der Waals surface area contributed by atoms with Gasteiger partial charge in [0, 0.05) is 0 Å². The average Bonchev–Trinajstić information content (AvgIpc) is 2.75. The molecule has 0 spiro atoms. The summed E-state index contributed by atoms with van der Waals surface area (Å²) in [6.45, 7) is 8.80. The van der Waals surface area contributed by atoms with E-state index in [4.69, 9.17) is 4.42 Å². The van der Waals surface area contributed by atoms with E-state index in [0.717, 1.165) is 17.5 Å². The summed E-state index contributed by atoms with van der Waals surface area (Å²) in [6.07, 6.45) is 2.69. The highest BCUT2D eigenvalue weighted by Gasteiger charge is 2.15. The highest BCUT2D eigenvalue weighted by Crippen LogP contribution is 2.31. The lowest BCUT2D eigenvalue weighted by Gasteiger charge is -2.12. The number of aromatic nitrogens is 1. The van der Waals surface area contributed by atoms with Crippen LogP contribution in [-0.4, -0.2) is 4.98 Å². The summed E-state index contributed by atoms with van der Waals surface area (Å²) < 4.78 is 5.53. The van der Waals surface area contributed by atoms with Gasteiger partial charge >= 0.3 is 0 Å². The van der Waals surface area contributed by atoms with Gasteiger partial charge in [-0.2, -0.15) is 0 Å². The first kappa shape index (κ1) is 11.2. The first-order valence-electron chi connectivity index (χ1n) is 6.01. The zero-order valence-corrected chi connectivity index (χ0v) is 10.4. The summed E-state index contributed by atoms with van der Waals surface area (Å²) in [7, 11) is 0. The molecule has 0 radical (unpaired) electrons. The van der Waals surface area contributed by atoms with E-state index in [1.54, 1.807) is 6.39 Å². The molecule has 0 aliphatic heterocycles. The van der Waals surface area contributed by atoms with Crippen LogP contribution in [0.4, 0.5) is 0 Å². The van der Waals surface area contributed by atoms with Crippen LogP contribution in [0, 0.1) is 0 Å². The van der Waals surface area contributed by atoms with Gasteiger partial charge in [0.15, 0.2) is 12.0 Å². The predicted octanol–water partition coefficient (Wildman–Crippen LogP) is 4.46. The minimum absolute atomic E-state index is 0.474. The molecule has 0 aliphatic rings. The Morgan fingerprint density at radius 1 is 1.19 bits per heavy atom. The lowest BCUT2D eigenvalue weighted by Crippen LogP contribution is -1.96. The summed E-state index contributed by atoms with van der Waals surface area (Å²) in [5.74, 6) is 1.01. The summed E-state index contributed by atoms with van der Waals surface area (Å²) in [4.78, 5) is 4.36. The molecule has 16 heavy (non-hydrogen) atoms. The lowest BCUT2D eigenvalue weighted by molar-refractivity contribution is 0.594.